The van der Waals surface area contributed by atoms with E-state index < -0.39 is 10.0 Å². The van der Waals surface area contributed by atoms with E-state index in [-0.39, 0.29) is 16.8 Å². The van der Waals surface area contributed by atoms with Crippen LogP contribution in [0.2, 0.25) is 0 Å². The van der Waals surface area contributed by atoms with Crippen LogP contribution in [-0.4, -0.2) is 20.4 Å². The normalized spacial score (nSPS) is 22.8. The molecule has 1 aliphatic rings. The molecule has 1 saturated carbocycles. The standard InChI is InChI=1S/C15H22N2O3S/c1-11-5-3-4-6-15(11)17-21(19,20)14-9-7-13(8-10-14)16-12(2)18/h7-11,15,17H,3-6H2,1-2H3,(H,16,18)/t11-,15+/m0/s1. The van der Waals surface area contributed by atoms with Crippen molar-refractivity contribution < 1.29 is 13.2 Å². The average molecular weight is 310 g/mol. The molecule has 0 bridgehead atoms. The summed E-state index contributed by atoms with van der Waals surface area (Å²) in [6, 6.07) is 6.24. The number of carbonyl (C=O) groups is 1. The second-order valence-electron chi connectivity index (χ2n) is 5.70. The molecule has 0 unspecified atom stereocenters. The van der Waals surface area contributed by atoms with E-state index in [1.54, 1.807) is 12.1 Å². The van der Waals surface area contributed by atoms with Gasteiger partial charge in [0.1, 0.15) is 0 Å². The van der Waals surface area contributed by atoms with Gasteiger partial charge in [-0.15, -0.1) is 0 Å². The highest BCUT2D eigenvalue weighted by Crippen LogP contribution is 2.25. The molecule has 21 heavy (non-hydrogen) atoms. The molecule has 0 spiro atoms. The largest absolute Gasteiger partial charge is 0.326 e. The Morgan fingerprint density at radius 3 is 2.33 bits per heavy atom. The zero-order valence-corrected chi connectivity index (χ0v) is 13.2. The summed E-state index contributed by atoms with van der Waals surface area (Å²) < 4.78 is 27.6. The molecule has 1 aromatic rings. The second-order valence-corrected chi connectivity index (χ2v) is 7.41. The summed E-state index contributed by atoms with van der Waals surface area (Å²) in [5.41, 5.74) is 0.590. The summed E-state index contributed by atoms with van der Waals surface area (Å²) in [7, 11) is -3.50. The molecule has 0 heterocycles. The average Bonchev–Trinajstić information content (AvgIpc) is 2.41. The molecule has 1 amide bonds. The lowest BCUT2D eigenvalue weighted by Gasteiger charge is -2.29. The van der Waals surface area contributed by atoms with Crippen LogP contribution in [0.4, 0.5) is 5.69 Å². The van der Waals surface area contributed by atoms with Crippen LogP contribution < -0.4 is 10.0 Å². The van der Waals surface area contributed by atoms with Gasteiger partial charge in [-0.25, -0.2) is 13.1 Å². The first-order valence-electron chi connectivity index (χ1n) is 7.28. The van der Waals surface area contributed by atoms with Crippen molar-refractivity contribution in [3.05, 3.63) is 24.3 Å². The first-order chi connectivity index (χ1) is 9.88. The fourth-order valence-electron chi connectivity index (χ4n) is 2.68. The summed E-state index contributed by atoms with van der Waals surface area (Å²) in [6.45, 7) is 3.50. The summed E-state index contributed by atoms with van der Waals surface area (Å²) in [5, 5.41) is 2.62. The highest BCUT2D eigenvalue weighted by atomic mass is 32.2. The Morgan fingerprint density at radius 2 is 1.76 bits per heavy atom. The SMILES string of the molecule is CC(=O)Nc1ccc(S(=O)(=O)N[C@@H]2CCCC[C@@H]2C)cc1. The van der Waals surface area contributed by atoms with Gasteiger partial charge >= 0.3 is 0 Å². The van der Waals surface area contributed by atoms with Crippen molar-refractivity contribution in [3.8, 4) is 0 Å². The van der Waals surface area contributed by atoms with Crippen molar-refractivity contribution in [3.63, 3.8) is 0 Å². The predicted molar refractivity (Wildman–Crippen MR) is 82.5 cm³/mol. The van der Waals surface area contributed by atoms with Crippen molar-refractivity contribution in [2.24, 2.45) is 5.92 Å². The van der Waals surface area contributed by atoms with Crippen LogP contribution in [0, 0.1) is 5.92 Å². The minimum absolute atomic E-state index is 0.0128. The maximum Gasteiger partial charge on any atom is 0.240 e. The first-order valence-corrected chi connectivity index (χ1v) is 8.77. The van der Waals surface area contributed by atoms with E-state index in [0.29, 0.717) is 11.6 Å². The lowest BCUT2D eigenvalue weighted by Crippen LogP contribution is -2.40. The van der Waals surface area contributed by atoms with Crippen molar-refractivity contribution in [1.82, 2.24) is 4.72 Å². The number of amides is 1. The minimum Gasteiger partial charge on any atom is -0.326 e. The Morgan fingerprint density at radius 1 is 1.14 bits per heavy atom. The van der Waals surface area contributed by atoms with Gasteiger partial charge in [0.2, 0.25) is 15.9 Å². The fraction of sp³-hybridized carbons (Fsp3) is 0.533. The zero-order valence-electron chi connectivity index (χ0n) is 12.4. The van der Waals surface area contributed by atoms with Crippen molar-refractivity contribution in [2.75, 3.05) is 5.32 Å². The minimum atomic E-state index is -3.50. The molecule has 6 heteroatoms. The maximum atomic E-state index is 12.4. The molecule has 2 atom stereocenters. The van der Waals surface area contributed by atoms with Gasteiger partial charge in [0.05, 0.1) is 4.90 Å². The number of sulfonamides is 1. The van der Waals surface area contributed by atoms with Gasteiger partial charge in [-0.1, -0.05) is 19.8 Å². The number of nitrogens with one attached hydrogen (secondary N) is 2. The summed E-state index contributed by atoms with van der Waals surface area (Å²) >= 11 is 0. The fourth-order valence-corrected chi connectivity index (χ4v) is 4.06. The van der Waals surface area contributed by atoms with Gasteiger partial charge in [-0.05, 0) is 43.0 Å². The van der Waals surface area contributed by atoms with Crippen molar-refractivity contribution >= 4 is 21.6 Å². The van der Waals surface area contributed by atoms with E-state index >= 15 is 0 Å². The van der Waals surface area contributed by atoms with Crippen LogP contribution in [0.5, 0.6) is 0 Å². The van der Waals surface area contributed by atoms with Crippen LogP contribution >= 0.6 is 0 Å². The van der Waals surface area contributed by atoms with Crippen LogP contribution in [-0.2, 0) is 14.8 Å². The molecular formula is C15H22N2O3S. The van der Waals surface area contributed by atoms with E-state index in [4.69, 9.17) is 0 Å². The van der Waals surface area contributed by atoms with Crippen LogP contribution in [0.3, 0.4) is 0 Å². The van der Waals surface area contributed by atoms with E-state index in [0.717, 1.165) is 19.3 Å². The maximum absolute atomic E-state index is 12.4. The molecule has 0 radical (unpaired) electrons. The molecular weight excluding hydrogens is 288 g/mol. The molecule has 0 aliphatic heterocycles. The van der Waals surface area contributed by atoms with E-state index in [9.17, 15) is 13.2 Å². The lowest BCUT2D eigenvalue weighted by molar-refractivity contribution is -0.114. The molecule has 2 rings (SSSR count). The van der Waals surface area contributed by atoms with Crippen LogP contribution in [0.1, 0.15) is 39.5 Å². The molecule has 116 valence electrons. The molecule has 0 aromatic heterocycles. The number of rotatable bonds is 4. The zero-order chi connectivity index (χ0) is 15.5. The van der Waals surface area contributed by atoms with E-state index in [1.165, 1.54) is 25.5 Å². The van der Waals surface area contributed by atoms with Gasteiger partial charge in [0.15, 0.2) is 0 Å². The highest BCUT2D eigenvalue weighted by Gasteiger charge is 2.26. The summed E-state index contributed by atoms with van der Waals surface area (Å²) in [4.78, 5) is 11.2. The molecule has 1 aliphatic carbocycles. The van der Waals surface area contributed by atoms with Crippen LogP contribution in [0.25, 0.3) is 0 Å². The third kappa shape index (κ3) is 4.28. The lowest BCUT2D eigenvalue weighted by atomic mass is 9.87. The summed E-state index contributed by atoms with van der Waals surface area (Å²) in [6.07, 6.45) is 4.20. The Bertz CT molecular complexity index is 596. The van der Waals surface area contributed by atoms with E-state index in [2.05, 4.69) is 17.0 Å². The highest BCUT2D eigenvalue weighted by molar-refractivity contribution is 7.89. The van der Waals surface area contributed by atoms with Crippen molar-refractivity contribution in [2.45, 2.75) is 50.5 Å². The van der Waals surface area contributed by atoms with Gasteiger partial charge in [0, 0.05) is 18.7 Å². The third-order valence-corrected chi connectivity index (χ3v) is 5.41. The van der Waals surface area contributed by atoms with E-state index in [1.807, 2.05) is 0 Å². The van der Waals surface area contributed by atoms with Gasteiger partial charge < -0.3 is 5.32 Å². The smallest absolute Gasteiger partial charge is 0.240 e. The third-order valence-electron chi connectivity index (χ3n) is 3.90. The van der Waals surface area contributed by atoms with Gasteiger partial charge in [0.25, 0.3) is 0 Å². The number of benzene rings is 1. The molecule has 0 saturated heterocycles. The number of hydrogen-bond donors (Lipinski definition) is 2. The number of carbonyl (C=O) groups excluding carboxylic acids is 1. The molecule has 2 N–H and O–H groups in total. The van der Waals surface area contributed by atoms with Gasteiger partial charge in [-0.2, -0.15) is 0 Å². The first kappa shape index (κ1) is 16.0. The quantitative estimate of drug-likeness (QED) is 0.897. The summed E-state index contributed by atoms with van der Waals surface area (Å²) in [5.74, 6) is 0.187. The van der Waals surface area contributed by atoms with Gasteiger partial charge in [-0.3, -0.25) is 4.79 Å². The molecule has 1 fully saturated rings. The number of anilines is 1. The molecule has 1 aromatic carbocycles. The van der Waals surface area contributed by atoms with Crippen LogP contribution in [0.15, 0.2) is 29.2 Å². The Labute approximate surface area is 126 Å². The topological polar surface area (TPSA) is 75.3 Å². The Hall–Kier alpha value is -1.40. The second kappa shape index (κ2) is 6.58. The predicted octanol–water partition coefficient (Wildman–Crippen LogP) is 2.50. The number of hydrogen-bond acceptors (Lipinski definition) is 3. The van der Waals surface area contributed by atoms with Crippen molar-refractivity contribution in [1.29, 1.82) is 0 Å². The molecule has 5 nitrogen and oxygen atoms in total. The monoisotopic (exact) mass is 310 g/mol. The Kier molecular flexibility index (Phi) is 5.00. The Balaban J connectivity index is 2.10.